The maximum absolute atomic E-state index is 5.77. The van der Waals surface area contributed by atoms with E-state index < -0.39 is 14.5 Å². The van der Waals surface area contributed by atoms with Crippen LogP contribution in [0.25, 0.3) is 0 Å². The van der Waals surface area contributed by atoms with Gasteiger partial charge in [-0.15, -0.1) is 0 Å². The Morgan fingerprint density at radius 1 is 0.938 bits per heavy atom. The van der Waals surface area contributed by atoms with Crippen molar-refractivity contribution in [2.45, 2.75) is 72.3 Å². The minimum absolute atomic E-state index is 0.141. The molecule has 0 aliphatic heterocycles. The van der Waals surface area contributed by atoms with Gasteiger partial charge in [0.1, 0.15) is 0 Å². The van der Waals surface area contributed by atoms with Crippen LogP contribution in [0.5, 0.6) is 0 Å². The Morgan fingerprint density at radius 2 is 1.25 bits per heavy atom. The van der Waals surface area contributed by atoms with Gasteiger partial charge in [0, 0.05) is 17.5 Å². The molecule has 0 saturated carbocycles. The van der Waals surface area contributed by atoms with Crippen molar-refractivity contribution in [3.8, 4) is 0 Å². The minimum atomic E-state index is -1.18. The Bertz CT molecular complexity index is 297. The van der Waals surface area contributed by atoms with Gasteiger partial charge in [0.2, 0.25) is 0 Å². The van der Waals surface area contributed by atoms with Crippen LogP contribution in [0, 0.1) is 0 Å². The normalized spacial score (nSPS) is 15.8. The molecule has 0 fully saturated rings. The lowest BCUT2D eigenvalue weighted by Gasteiger charge is -2.43. The molecule has 0 radical (unpaired) electrons. The van der Waals surface area contributed by atoms with Gasteiger partial charge < -0.3 is 0 Å². The molecule has 0 spiro atoms. The fourth-order valence-electron chi connectivity index (χ4n) is 1.99. The number of hydrogen-bond acceptors (Lipinski definition) is 1. The maximum Gasteiger partial charge on any atom is 0.0759 e. The van der Waals surface area contributed by atoms with E-state index in [0.717, 1.165) is 0 Å². The van der Waals surface area contributed by atoms with Gasteiger partial charge in [-0.1, -0.05) is 25.1 Å². The van der Waals surface area contributed by atoms with Gasteiger partial charge in [-0.2, -0.15) is 0 Å². The van der Waals surface area contributed by atoms with Crippen LogP contribution in [0.3, 0.4) is 0 Å². The van der Waals surface area contributed by atoms with Crippen LogP contribution in [-0.4, -0.2) is 29.2 Å². The van der Waals surface area contributed by atoms with Crippen molar-refractivity contribution in [1.29, 1.82) is 0 Å². The van der Waals surface area contributed by atoms with Crippen molar-refractivity contribution in [3.63, 3.8) is 0 Å². The van der Waals surface area contributed by atoms with Gasteiger partial charge in [0.25, 0.3) is 0 Å². The third-order valence-corrected chi connectivity index (χ3v) is 8.98. The molecule has 0 aliphatic rings. The van der Waals surface area contributed by atoms with E-state index in [1.54, 1.807) is 0 Å². The third-order valence-electron chi connectivity index (χ3n) is 1.97. The predicted molar refractivity (Wildman–Crippen MR) is 85.0 cm³/mol. The second-order valence-corrected chi connectivity index (χ2v) is 15.3. The van der Waals surface area contributed by atoms with Gasteiger partial charge in [-0.05, 0) is 53.3 Å². The lowest BCUT2D eigenvalue weighted by Crippen LogP contribution is -2.47. The largest absolute Gasteiger partial charge is 0.243 e. The standard InChI is InChI=1S/C12H28NPSSi/c1-11(2,3)13(12(4,5)6)14(15)10-16(7,8)9/h10H,1-9H3. The Morgan fingerprint density at radius 3 is 1.44 bits per heavy atom. The summed E-state index contributed by atoms with van der Waals surface area (Å²) in [6, 6.07) is 0. The Kier molecular flexibility index (Phi) is 5.23. The molecule has 0 amide bonds. The topological polar surface area (TPSA) is 3.24 Å². The zero-order chi connectivity index (χ0) is 13.4. The van der Waals surface area contributed by atoms with Crippen LogP contribution >= 0.6 is 6.47 Å². The van der Waals surface area contributed by atoms with Crippen molar-refractivity contribution < 1.29 is 0 Å². The lowest BCUT2D eigenvalue weighted by atomic mass is 10.0. The molecule has 1 nitrogen and oxygen atoms in total. The monoisotopic (exact) mass is 277 g/mol. The van der Waals surface area contributed by atoms with Crippen molar-refractivity contribution in [2.75, 3.05) is 0 Å². The summed E-state index contributed by atoms with van der Waals surface area (Å²) in [6.45, 7) is 20.1. The molecule has 0 aromatic rings. The molecular formula is C12H28NPSSi. The lowest BCUT2D eigenvalue weighted by molar-refractivity contribution is 0.154. The second-order valence-electron chi connectivity index (χ2n) is 7.45. The van der Waals surface area contributed by atoms with Crippen molar-refractivity contribution in [1.82, 2.24) is 4.67 Å². The summed E-state index contributed by atoms with van der Waals surface area (Å²) in [5.41, 5.74) is 2.75. The summed E-state index contributed by atoms with van der Waals surface area (Å²) in [7, 11) is -1.18. The minimum Gasteiger partial charge on any atom is -0.243 e. The molecule has 96 valence electrons. The van der Waals surface area contributed by atoms with Crippen LogP contribution in [0.2, 0.25) is 19.6 Å². The predicted octanol–water partition coefficient (Wildman–Crippen LogP) is 4.42. The van der Waals surface area contributed by atoms with Crippen molar-refractivity contribution in [2.24, 2.45) is 0 Å². The molecule has 0 saturated heterocycles. The highest BCUT2D eigenvalue weighted by Gasteiger charge is 2.32. The molecule has 16 heavy (non-hydrogen) atoms. The molecule has 0 N–H and O–H groups in total. The third kappa shape index (κ3) is 5.76. The molecular weight excluding hydrogens is 249 g/mol. The molecule has 0 aromatic heterocycles. The quantitative estimate of drug-likeness (QED) is 0.543. The number of nitrogens with zero attached hydrogens (tertiary/aromatic N) is 1. The van der Waals surface area contributed by atoms with E-state index in [2.05, 4.69) is 71.3 Å². The molecule has 4 heteroatoms. The first-order chi connectivity index (χ1) is 6.75. The molecule has 0 heterocycles. The molecule has 1 atom stereocenters. The average molecular weight is 277 g/mol. The van der Waals surface area contributed by atoms with E-state index >= 15 is 0 Å². The first-order valence-electron chi connectivity index (χ1n) is 5.88. The zero-order valence-electron chi connectivity index (χ0n) is 12.4. The smallest absolute Gasteiger partial charge is 0.0759 e. The molecule has 0 bridgehead atoms. The van der Waals surface area contributed by atoms with Gasteiger partial charge in [0.15, 0.2) is 0 Å². The molecule has 0 rings (SSSR count). The summed E-state index contributed by atoms with van der Waals surface area (Å²) in [6.07, 6.45) is 0. The number of rotatable bonds is 2. The average Bonchev–Trinajstić information content (AvgIpc) is 1.70. The van der Waals surface area contributed by atoms with E-state index in [4.69, 9.17) is 11.8 Å². The van der Waals surface area contributed by atoms with Crippen LogP contribution in [0.4, 0.5) is 0 Å². The summed E-state index contributed by atoms with van der Waals surface area (Å²) < 4.78 is 2.50. The maximum atomic E-state index is 5.77. The summed E-state index contributed by atoms with van der Waals surface area (Å²) in [5.74, 6) is 0. The van der Waals surface area contributed by atoms with Crippen molar-refractivity contribution >= 4 is 31.8 Å². The molecule has 0 aromatic carbocycles. The Labute approximate surface area is 109 Å². The summed E-state index contributed by atoms with van der Waals surface area (Å²) in [5, 5.41) is 0. The van der Waals surface area contributed by atoms with Crippen LogP contribution < -0.4 is 0 Å². The van der Waals surface area contributed by atoms with E-state index in [-0.39, 0.29) is 11.1 Å². The van der Waals surface area contributed by atoms with E-state index in [0.29, 0.717) is 0 Å². The highest BCUT2D eigenvalue weighted by atomic mass is 32.4. The Hall–Kier alpha value is 0.567. The van der Waals surface area contributed by atoms with Gasteiger partial charge >= 0.3 is 0 Å². The fourth-order valence-corrected chi connectivity index (χ4v) is 10.6. The Balaban J connectivity index is 5.43. The SMILES string of the molecule is CC(C)(C)N(P(=S)=C[Si](C)(C)C)C(C)(C)C. The van der Waals surface area contributed by atoms with Crippen LogP contribution in [0.15, 0.2) is 0 Å². The summed E-state index contributed by atoms with van der Waals surface area (Å²) in [4.78, 5) is 0. The molecule has 0 aliphatic carbocycles. The molecule has 1 unspecified atom stereocenters. The van der Waals surface area contributed by atoms with Gasteiger partial charge in [-0.25, -0.2) is 4.67 Å². The second kappa shape index (κ2) is 5.05. The van der Waals surface area contributed by atoms with Crippen LogP contribution in [-0.2, 0) is 11.8 Å². The zero-order valence-corrected chi connectivity index (χ0v) is 15.1. The fraction of sp³-hybridized carbons (Fsp3) is 0.917. The van der Waals surface area contributed by atoms with E-state index in [1.165, 1.54) is 0 Å². The van der Waals surface area contributed by atoms with E-state index in [1.807, 2.05) is 0 Å². The first kappa shape index (κ1) is 16.6. The van der Waals surface area contributed by atoms with Crippen molar-refractivity contribution in [3.05, 3.63) is 0 Å². The van der Waals surface area contributed by atoms with E-state index in [9.17, 15) is 0 Å². The van der Waals surface area contributed by atoms with Gasteiger partial charge in [-0.3, -0.25) is 0 Å². The summed E-state index contributed by atoms with van der Waals surface area (Å²) >= 11 is 5.77. The first-order valence-corrected chi connectivity index (χ1v) is 11.8. The highest BCUT2D eigenvalue weighted by molar-refractivity contribution is 8.04. The number of hydrogen-bond donors (Lipinski definition) is 0. The van der Waals surface area contributed by atoms with Crippen LogP contribution in [0.1, 0.15) is 41.5 Å². The highest BCUT2D eigenvalue weighted by Crippen LogP contribution is 2.36. The van der Waals surface area contributed by atoms with Gasteiger partial charge in [0.05, 0.1) is 8.07 Å².